The van der Waals surface area contributed by atoms with Gasteiger partial charge in [-0.05, 0) is 12.1 Å². The number of hydrogen-bond acceptors (Lipinski definition) is 6. The van der Waals surface area contributed by atoms with Crippen LogP contribution in [0.2, 0.25) is 0 Å². The number of esters is 4. The first-order chi connectivity index (χ1) is 9.49. The van der Waals surface area contributed by atoms with Crippen molar-refractivity contribution in [2.75, 3.05) is 0 Å². The number of carbonyl (C=O) groups is 4. The molecule has 0 heterocycles. The third kappa shape index (κ3) is 3.74. The van der Waals surface area contributed by atoms with Crippen molar-refractivity contribution < 1.29 is 28.7 Å². The van der Waals surface area contributed by atoms with Crippen molar-refractivity contribution in [2.24, 2.45) is 0 Å². The second-order valence-electron chi connectivity index (χ2n) is 3.37. The summed E-state index contributed by atoms with van der Waals surface area (Å²) in [5, 5.41) is 0. The van der Waals surface area contributed by atoms with Crippen LogP contribution in [0.1, 0.15) is 20.7 Å². The third-order valence-electron chi connectivity index (χ3n) is 2.09. The molecule has 0 aromatic heterocycles. The Morgan fingerprint density at radius 1 is 0.800 bits per heavy atom. The van der Waals surface area contributed by atoms with E-state index in [0.29, 0.717) is 0 Å². The molecule has 0 saturated carbocycles. The highest BCUT2D eigenvalue weighted by Crippen LogP contribution is 2.12. The van der Waals surface area contributed by atoms with Crippen molar-refractivity contribution in [3.05, 3.63) is 60.7 Å². The molecule has 0 atom stereocenters. The Balaban J connectivity index is 3.04. The molecule has 0 saturated heterocycles. The zero-order valence-corrected chi connectivity index (χ0v) is 10.3. The van der Waals surface area contributed by atoms with Crippen LogP contribution < -0.4 is 0 Å². The van der Waals surface area contributed by atoms with Crippen LogP contribution in [0.25, 0.3) is 0 Å². The lowest BCUT2D eigenvalue weighted by atomic mass is 10.1. The van der Waals surface area contributed by atoms with Gasteiger partial charge in [0.15, 0.2) is 0 Å². The van der Waals surface area contributed by atoms with Crippen LogP contribution in [0, 0.1) is 0 Å². The highest BCUT2D eigenvalue weighted by molar-refractivity contribution is 6.09. The summed E-state index contributed by atoms with van der Waals surface area (Å²) in [7, 11) is 0. The van der Waals surface area contributed by atoms with Gasteiger partial charge in [0, 0.05) is 12.2 Å². The van der Waals surface area contributed by atoms with Crippen LogP contribution >= 0.6 is 0 Å². The summed E-state index contributed by atoms with van der Waals surface area (Å²) in [4.78, 5) is 45.3. The average Bonchev–Trinajstić information content (AvgIpc) is 2.46. The molecule has 0 aliphatic rings. The van der Waals surface area contributed by atoms with Crippen molar-refractivity contribution in [1.29, 1.82) is 0 Å². The van der Waals surface area contributed by atoms with Gasteiger partial charge in [-0.3, -0.25) is 0 Å². The Morgan fingerprint density at radius 2 is 1.15 bits per heavy atom. The second kappa shape index (κ2) is 6.79. The van der Waals surface area contributed by atoms with Gasteiger partial charge in [0.2, 0.25) is 0 Å². The summed E-state index contributed by atoms with van der Waals surface area (Å²) >= 11 is 0. The number of carbonyl (C=O) groups excluding carboxylic acids is 4. The lowest BCUT2D eigenvalue weighted by Gasteiger charge is -2.06. The molecule has 0 amide bonds. The SMILES string of the molecule is C=CC(=O)OC(=O)c1ccccc1C(=O)OC(=O)C=C. The maximum absolute atomic E-state index is 11.7. The summed E-state index contributed by atoms with van der Waals surface area (Å²) in [6.45, 7) is 6.28. The Labute approximate surface area is 114 Å². The minimum atomic E-state index is -1.05. The van der Waals surface area contributed by atoms with E-state index < -0.39 is 23.9 Å². The summed E-state index contributed by atoms with van der Waals surface area (Å²) in [5.41, 5.74) is -0.408. The fourth-order valence-electron chi connectivity index (χ4n) is 1.22. The molecule has 1 rings (SSSR count). The molecular weight excluding hydrogens is 264 g/mol. The highest BCUT2D eigenvalue weighted by atomic mass is 16.6. The molecule has 0 unspecified atom stereocenters. The van der Waals surface area contributed by atoms with E-state index in [1.54, 1.807) is 0 Å². The van der Waals surface area contributed by atoms with Crippen LogP contribution in [-0.2, 0) is 19.1 Å². The molecule has 0 aliphatic carbocycles. The van der Waals surface area contributed by atoms with Crippen molar-refractivity contribution in [1.82, 2.24) is 0 Å². The van der Waals surface area contributed by atoms with Gasteiger partial charge in [-0.25, -0.2) is 19.2 Å². The van der Waals surface area contributed by atoms with Gasteiger partial charge in [-0.1, -0.05) is 25.3 Å². The van der Waals surface area contributed by atoms with E-state index in [4.69, 9.17) is 0 Å². The molecule has 6 heteroatoms. The molecular formula is C14H10O6. The highest BCUT2D eigenvalue weighted by Gasteiger charge is 2.21. The van der Waals surface area contributed by atoms with Crippen molar-refractivity contribution >= 4 is 23.9 Å². The van der Waals surface area contributed by atoms with Crippen LogP contribution in [-0.4, -0.2) is 23.9 Å². The van der Waals surface area contributed by atoms with Crippen LogP contribution in [0.3, 0.4) is 0 Å². The average molecular weight is 274 g/mol. The van der Waals surface area contributed by atoms with Gasteiger partial charge in [0.25, 0.3) is 0 Å². The molecule has 0 fully saturated rings. The lowest BCUT2D eigenvalue weighted by Crippen LogP contribution is -2.17. The molecule has 0 radical (unpaired) electrons. The topological polar surface area (TPSA) is 86.7 Å². The zero-order chi connectivity index (χ0) is 15.1. The fraction of sp³-hybridized carbons (Fsp3) is 0. The largest absolute Gasteiger partial charge is 0.386 e. The number of rotatable bonds is 4. The van der Waals surface area contributed by atoms with Gasteiger partial charge in [0.1, 0.15) is 0 Å². The molecule has 1 aromatic carbocycles. The van der Waals surface area contributed by atoms with E-state index in [-0.39, 0.29) is 11.1 Å². The van der Waals surface area contributed by atoms with Gasteiger partial charge in [-0.15, -0.1) is 0 Å². The number of hydrogen-bond donors (Lipinski definition) is 0. The molecule has 20 heavy (non-hydrogen) atoms. The Kier molecular flexibility index (Phi) is 5.11. The van der Waals surface area contributed by atoms with Gasteiger partial charge in [0.05, 0.1) is 11.1 Å². The molecule has 1 aromatic rings. The van der Waals surface area contributed by atoms with Gasteiger partial charge in [-0.2, -0.15) is 0 Å². The smallest absolute Gasteiger partial charge is 0.346 e. The Morgan fingerprint density at radius 3 is 1.45 bits per heavy atom. The van der Waals surface area contributed by atoms with E-state index in [1.165, 1.54) is 24.3 Å². The van der Waals surface area contributed by atoms with Crippen LogP contribution in [0.5, 0.6) is 0 Å². The van der Waals surface area contributed by atoms with E-state index in [0.717, 1.165) is 12.2 Å². The fourth-order valence-corrected chi connectivity index (χ4v) is 1.22. The zero-order valence-electron chi connectivity index (χ0n) is 10.3. The first-order valence-electron chi connectivity index (χ1n) is 5.35. The van der Waals surface area contributed by atoms with E-state index in [2.05, 4.69) is 22.6 Å². The van der Waals surface area contributed by atoms with Crippen molar-refractivity contribution in [2.45, 2.75) is 0 Å². The monoisotopic (exact) mass is 274 g/mol. The summed E-state index contributed by atoms with van der Waals surface area (Å²) in [6.07, 6.45) is 1.61. The van der Waals surface area contributed by atoms with Gasteiger partial charge < -0.3 is 9.47 Å². The normalized spacial score (nSPS) is 9.20. The molecule has 0 bridgehead atoms. The van der Waals surface area contributed by atoms with E-state index in [1.807, 2.05) is 0 Å². The quantitative estimate of drug-likeness (QED) is 0.469. The number of ether oxygens (including phenoxy) is 2. The molecule has 0 aliphatic heterocycles. The van der Waals surface area contributed by atoms with E-state index in [9.17, 15) is 19.2 Å². The molecule has 102 valence electrons. The van der Waals surface area contributed by atoms with Crippen LogP contribution in [0.15, 0.2) is 49.6 Å². The summed E-state index contributed by atoms with van der Waals surface area (Å²) in [6, 6.07) is 5.43. The Bertz CT molecular complexity index is 546. The molecule has 0 spiro atoms. The third-order valence-corrected chi connectivity index (χ3v) is 2.09. The predicted octanol–water partition coefficient (Wildman–Crippen LogP) is 1.43. The minimum Gasteiger partial charge on any atom is -0.386 e. The summed E-state index contributed by atoms with van der Waals surface area (Å²) in [5.74, 6) is -4.01. The number of benzene rings is 1. The maximum atomic E-state index is 11.7. The summed E-state index contributed by atoms with van der Waals surface area (Å²) < 4.78 is 8.80. The van der Waals surface area contributed by atoms with Crippen molar-refractivity contribution in [3.63, 3.8) is 0 Å². The maximum Gasteiger partial charge on any atom is 0.346 e. The molecule has 6 nitrogen and oxygen atoms in total. The predicted molar refractivity (Wildman–Crippen MR) is 67.7 cm³/mol. The van der Waals surface area contributed by atoms with E-state index >= 15 is 0 Å². The van der Waals surface area contributed by atoms with Crippen LogP contribution in [0.4, 0.5) is 0 Å². The standard InChI is InChI=1S/C14H10O6/c1-3-11(15)19-13(17)9-7-5-6-8-10(9)14(18)20-12(16)4-2/h3-8H,1-2H2. The lowest BCUT2D eigenvalue weighted by molar-refractivity contribution is -0.133. The first kappa shape index (κ1) is 15.0. The molecule has 0 N–H and O–H groups in total. The second-order valence-corrected chi connectivity index (χ2v) is 3.37. The Hall–Kier alpha value is -3.02. The van der Waals surface area contributed by atoms with Crippen molar-refractivity contribution in [3.8, 4) is 0 Å². The van der Waals surface area contributed by atoms with Gasteiger partial charge >= 0.3 is 23.9 Å². The first-order valence-corrected chi connectivity index (χ1v) is 5.35. The minimum absolute atomic E-state index is 0.204.